The highest BCUT2D eigenvalue weighted by Gasteiger charge is 2.37. The molecular weight excluding hydrogens is 360 g/mol. The van der Waals surface area contributed by atoms with E-state index in [4.69, 9.17) is 4.74 Å². The van der Waals surface area contributed by atoms with Crippen LogP contribution in [0.5, 0.6) is 5.75 Å². The molecule has 28 heavy (non-hydrogen) atoms. The largest absolute Gasteiger partial charge is 0.497 e. The Kier molecular flexibility index (Phi) is 5.98. The fourth-order valence-electron chi connectivity index (χ4n) is 3.07. The van der Waals surface area contributed by atoms with Gasteiger partial charge < -0.3 is 19.9 Å². The van der Waals surface area contributed by atoms with Crippen LogP contribution < -0.4 is 15.4 Å². The third-order valence-electron chi connectivity index (χ3n) is 4.78. The SMILES string of the molecule is COc1ccc(CN2C(=O)N[C@@H](CCC(=O)NCc3cccn3C)C2=O)cc1. The number of carbonyl (C=O) groups excluding carboxylic acids is 3. The fourth-order valence-corrected chi connectivity index (χ4v) is 3.07. The van der Waals surface area contributed by atoms with Crippen molar-refractivity contribution in [2.45, 2.75) is 32.0 Å². The zero-order chi connectivity index (χ0) is 20.1. The molecule has 8 nitrogen and oxygen atoms in total. The number of amides is 4. The predicted molar refractivity (Wildman–Crippen MR) is 102 cm³/mol. The summed E-state index contributed by atoms with van der Waals surface area (Å²) in [5.74, 6) is 0.244. The summed E-state index contributed by atoms with van der Waals surface area (Å²) in [5.41, 5.74) is 1.81. The molecule has 1 aromatic carbocycles. The standard InChI is InChI=1S/C20H24N4O4/c1-23-11-3-4-15(23)12-21-18(25)10-9-17-19(26)24(20(27)22-17)13-14-5-7-16(28-2)8-6-14/h3-8,11,17H,9-10,12-13H2,1-2H3,(H,21,25)(H,22,27)/t17-/m0/s1. The topological polar surface area (TPSA) is 92.7 Å². The lowest BCUT2D eigenvalue weighted by molar-refractivity contribution is -0.128. The Labute approximate surface area is 163 Å². The predicted octanol–water partition coefficient (Wildman–Crippen LogP) is 1.55. The third-order valence-corrected chi connectivity index (χ3v) is 4.78. The number of nitrogens with zero attached hydrogens (tertiary/aromatic N) is 2. The van der Waals surface area contributed by atoms with E-state index < -0.39 is 12.1 Å². The molecule has 8 heteroatoms. The van der Waals surface area contributed by atoms with E-state index in [9.17, 15) is 14.4 Å². The van der Waals surface area contributed by atoms with Crippen molar-refractivity contribution >= 4 is 17.8 Å². The number of hydrogen-bond donors (Lipinski definition) is 2. The average Bonchev–Trinajstić information content (AvgIpc) is 3.22. The number of carbonyl (C=O) groups is 3. The minimum atomic E-state index is -0.675. The number of urea groups is 1. The number of ether oxygens (including phenoxy) is 1. The Bertz CT molecular complexity index is 859. The van der Waals surface area contributed by atoms with Crippen LogP contribution in [0.15, 0.2) is 42.6 Å². The summed E-state index contributed by atoms with van der Waals surface area (Å²) in [5, 5.41) is 5.49. The summed E-state index contributed by atoms with van der Waals surface area (Å²) in [7, 11) is 3.48. The minimum Gasteiger partial charge on any atom is -0.497 e. The van der Waals surface area contributed by atoms with E-state index in [-0.39, 0.29) is 31.2 Å². The van der Waals surface area contributed by atoms with Crippen molar-refractivity contribution in [2.75, 3.05) is 7.11 Å². The molecule has 2 heterocycles. The maximum absolute atomic E-state index is 12.5. The van der Waals surface area contributed by atoms with Gasteiger partial charge in [0, 0.05) is 25.4 Å². The van der Waals surface area contributed by atoms with Gasteiger partial charge in [-0.15, -0.1) is 0 Å². The van der Waals surface area contributed by atoms with Gasteiger partial charge in [0.1, 0.15) is 11.8 Å². The number of benzene rings is 1. The molecule has 1 aliphatic heterocycles. The van der Waals surface area contributed by atoms with Gasteiger partial charge in [0.05, 0.1) is 20.2 Å². The molecule has 1 saturated heterocycles. The smallest absolute Gasteiger partial charge is 0.325 e. The Morgan fingerprint density at radius 3 is 2.61 bits per heavy atom. The van der Waals surface area contributed by atoms with Crippen molar-refractivity contribution in [3.8, 4) is 5.75 Å². The monoisotopic (exact) mass is 384 g/mol. The van der Waals surface area contributed by atoms with Gasteiger partial charge in [0.2, 0.25) is 5.91 Å². The van der Waals surface area contributed by atoms with Crippen LogP contribution in [0.2, 0.25) is 0 Å². The van der Waals surface area contributed by atoms with Crippen LogP contribution in [0.1, 0.15) is 24.1 Å². The van der Waals surface area contributed by atoms with Gasteiger partial charge in [-0.3, -0.25) is 14.5 Å². The van der Waals surface area contributed by atoms with Crippen LogP contribution in [0.25, 0.3) is 0 Å². The zero-order valence-corrected chi connectivity index (χ0v) is 16.0. The van der Waals surface area contributed by atoms with E-state index in [0.717, 1.165) is 11.3 Å². The Morgan fingerprint density at radius 1 is 1.21 bits per heavy atom. The second kappa shape index (κ2) is 8.60. The molecule has 2 aromatic rings. The summed E-state index contributed by atoms with van der Waals surface area (Å²) < 4.78 is 7.03. The van der Waals surface area contributed by atoms with Crippen molar-refractivity contribution in [2.24, 2.45) is 7.05 Å². The second-order valence-electron chi connectivity index (χ2n) is 6.70. The Balaban J connectivity index is 1.48. The number of methoxy groups -OCH3 is 1. The molecule has 4 amide bonds. The maximum Gasteiger partial charge on any atom is 0.325 e. The molecule has 1 aliphatic rings. The van der Waals surface area contributed by atoms with E-state index in [1.807, 2.05) is 42.1 Å². The van der Waals surface area contributed by atoms with Crippen molar-refractivity contribution in [1.29, 1.82) is 0 Å². The highest BCUT2D eigenvalue weighted by Crippen LogP contribution is 2.17. The van der Waals surface area contributed by atoms with Crippen molar-refractivity contribution in [3.63, 3.8) is 0 Å². The van der Waals surface area contributed by atoms with Gasteiger partial charge in [-0.2, -0.15) is 0 Å². The van der Waals surface area contributed by atoms with E-state index >= 15 is 0 Å². The molecular formula is C20H24N4O4. The molecule has 0 saturated carbocycles. The van der Waals surface area contributed by atoms with E-state index in [1.165, 1.54) is 4.90 Å². The first-order valence-electron chi connectivity index (χ1n) is 9.09. The van der Waals surface area contributed by atoms with Gasteiger partial charge in [-0.25, -0.2) is 4.79 Å². The summed E-state index contributed by atoms with van der Waals surface area (Å²) in [6, 6.07) is 9.91. The van der Waals surface area contributed by atoms with Gasteiger partial charge in [0.25, 0.3) is 5.91 Å². The maximum atomic E-state index is 12.5. The molecule has 1 fully saturated rings. The first-order valence-corrected chi connectivity index (χ1v) is 9.09. The lowest BCUT2D eigenvalue weighted by atomic mass is 10.1. The van der Waals surface area contributed by atoms with Crippen LogP contribution in [0.3, 0.4) is 0 Å². The van der Waals surface area contributed by atoms with Crippen LogP contribution in [0, 0.1) is 0 Å². The summed E-state index contributed by atoms with van der Waals surface area (Å²) >= 11 is 0. The van der Waals surface area contributed by atoms with Gasteiger partial charge in [-0.05, 0) is 36.2 Å². The van der Waals surface area contributed by atoms with E-state index in [2.05, 4.69) is 10.6 Å². The van der Waals surface area contributed by atoms with Crippen LogP contribution in [-0.2, 0) is 29.7 Å². The molecule has 0 radical (unpaired) electrons. The van der Waals surface area contributed by atoms with Gasteiger partial charge in [-0.1, -0.05) is 12.1 Å². The summed E-state index contributed by atoms with van der Waals surface area (Å²) in [6.07, 6.45) is 2.34. The first kappa shape index (κ1) is 19.5. The van der Waals surface area contributed by atoms with Crippen LogP contribution in [-0.4, -0.2) is 40.5 Å². The zero-order valence-electron chi connectivity index (χ0n) is 16.0. The number of aryl methyl sites for hydroxylation is 1. The molecule has 0 unspecified atom stereocenters. The molecule has 0 aliphatic carbocycles. The molecule has 148 valence electrons. The fraction of sp³-hybridized carbons (Fsp3) is 0.350. The van der Waals surface area contributed by atoms with Crippen molar-refractivity contribution in [3.05, 3.63) is 53.9 Å². The number of nitrogens with one attached hydrogen (secondary N) is 2. The molecule has 0 bridgehead atoms. The van der Waals surface area contributed by atoms with Gasteiger partial charge >= 0.3 is 6.03 Å². The molecule has 3 rings (SSSR count). The molecule has 0 spiro atoms. The number of rotatable bonds is 8. The van der Waals surface area contributed by atoms with E-state index in [1.54, 1.807) is 19.2 Å². The number of hydrogen-bond acceptors (Lipinski definition) is 4. The highest BCUT2D eigenvalue weighted by molar-refractivity contribution is 6.04. The number of imide groups is 1. The number of aromatic nitrogens is 1. The van der Waals surface area contributed by atoms with Gasteiger partial charge in [0.15, 0.2) is 0 Å². The molecule has 1 aromatic heterocycles. The Morgan fingerprint density at radius 2 is 1.96 bits per heavy atom. The lowest BCUT2D eigenvalue weighted by Gasteiger charge is -2.13. The molecule has 2 N–H and O–H groups in total. The van der Waals surface area contributed by atoms with Crippen molar-refractivity contribution < 1.29 is 19.1 Å². The lowest BCUT2D eigenvalue weighted by Crippen LogP contribution is -2.32. The normalized spacial score (nSPS) is 16.2. The Hall–Kier alpha value is -3.29. The highest BCUT2D eigenvalue weighted by atomic mass is 16.5. The van der Waals surface area contributed by atoms with Crippen LogP contribution in [0.4, 0.5) is 4.79 Å². The third kappa shape index (κ3) is 4.51. The van der Waals surface area contributed by atoms with Crippen LogP contribution >= 0.6 is 0 Å². The summed E-state index contributed by atoms with van der Waals surface area (Å²) in [6.45, 7) is 0.613. The quantitative estimate of drug-likeness (QED) is 0.676. The second-order valence-corrected chi connectivity index (χ2v) is 6.70. The molecule has 1 atom stereocenters. The van der Waals surface area contributed by atoms with Crippen molar-refractivity contribution in [1.82, 2.24) is 20.1 Å². The first-order chi connectivity index (χ1) is 13.5. The van der Waals surface area contributed by atoms with E-state index in [0.29, 0.717) is 12.3 Å². The average molecular weight is 384 g/mol. The minimum absolute atomic E-state index is 0.156. The summed E-state index contributed by atoms with van der Waals surface area (Å²) in [4.78, 5) is 37.9.